The highest BCUT2D eigenvalue weighted by molar-refractivity contribution is 7.89. The number of esters is 1. The lowest BCUT2D eigenvalue weighted by atomic mass is 10.2. The van der Waals surface area contributed by atoms with Gasteiger partial charge < -0.3 is 4.74 Å². The summed E-state index contributed by atoms with van der Waals surface area (Å²) < 4.78 is 30.0. The molecular formula is C11H23NO4S. The highest BCUT2D eigenvalue weighted by Gasteiger charge is 2.26. The van der Waals surface area contributed by atoms with Crippen molar-refractivity contribution in [3.63, 3.8) is 0 Å². The fourth-order valence-corrected chi connectivity index (χ4v) is 2.79. The molecule has 0 saturated carbocycles. The van der Waals surface area contributed by atoms with E-state index in [9.17, 15) is 13.2 Å². The van der Waals surface area contributed by atoms with Gasteiger partial charge in [0, 0.05) is 13.1 Å². The molecule has 6 heteroatoms. The number of sulfonamides is 1. The highest BCUT2D eigenvalue weighted by atomic mass is 32.2. The largest absolute Gasteiger partial charge is 0.469 e. The molecule has 102 valence electrons. The van der Waals surface area contributed by atoms with Crippen molar-refractivity contribution >= 4 is 16.0 Å². The van der Waals surface area contributed by atoms with Crippen molar-refractivity contribution < 1.29 is 17.9 Å². The molecule has 0 bridgehead atoms. The number of nitrogens with zero attached hydrogens (tertiary/aromatic N) is 1. The first-order valence-corrected chi connectivity index (χ1v) is 7.27. The Balaban J connectivity index is 4.71. The smallest absolute Gasteiger partial charge is 0.306 e. The summed E-state index contributed by atoms with van der Waals surface area (Å²) in [6, 6.07) is 0. The lowest BCUT2D eigenvalue weighted by Gasteiger charge is -2.25. The van der Waals surface area contributed by atoms with Crippen LogP contribution in [0.4, 0.5) is 0 Å². The number of carbonyl (C=O) groups is 1. The highest BCUT2D eigenvalue weighted by Crippen LogP contribution is 2.12. The number of methoxy groups -OCH3 is 1. The van der Waals surface area contributed by atoms with Gasteiger partial charge in [-0.1, -0.05) is 13.8 Å². The zero-order valence-electron chi connectivity index (χ0n) is 11.3. The van der Waals surface area contributed by atoms with Crippen molar-refractivity contribution in [1.82, 2.24) is 4.31 Å². The van der Waals surface area contributed by atoms with E-state index in [-0.39, 0.29) is 18.9 Å². The van der Waals surface area contributed by atoms with E-state index in [1.54, 1.807) is 13.8 Å². The maximum absolute atomic E-state index is 12.0. The number of hydrogen-bond acceptors (Lipinski definition) is 4. The lowest BCUT2D eigenvalue weighted by Crippen LogP contribution is -2.40. The zero-order chi connectivity index (χ0) is 13.6. The molecule has 0 amide bonds. The van der Waals surface area contributed by atoms with E-state index in [2.05, 4.69) is 4.74 Å². The van der Waals surface area contributed by atoms with Crippen molar-refractivity contribution in [3.8, 4) is 0 Å². The Bertz CT molecular complexity index is 335. The topological polar surface area (TPSA) is 63.7 Å². The van der Waals surface area contributed by atoms with E-state index in [0.29, 0.717) is 6.54 Å². The predicted octanol–water partition coefficient (Wildman–Crippen LogP) is 1.25. The molecule has 0 aromatic carbocycles. The van der Waals surface area contributed by atoms with E-state index in [1.165, 1.54) is 11.4 Å². The first-order chi connectivity index (χ1) is 7.71. The van der Waals surface area contributed by atoms with Crippen molar-refractivity contribution in [1.29, 1.82) is 0 Å². The second-order valence-corrected chi connectivity index (χ2v) is 7.16. The lowest BCUT2D eigenvalue weighted by molar-refractivity contribution is -0.140. The van der Waals surface area contributed by atoms with Crippen LogP contribution in [-0.4, -0.2) is 44.1 Å². The number of carbonyl (C=O) groups excluding carboxylic acids is 1. The van der Waals surface area contributed by atoms with Gasteiger partial charge in [-0.2, -0.15) is 0 Å². The van der Waals surface area contributed by atoms with Crippen molar-refractivity contribution in [2.75, 3.05) is 20.2 Å². The molecule has 0 radical (unpaired) electrons. The van der Waals surface area contributed by atoms with Gasteiger partial charge >= 0.3 is 5.97 Å². The fraction of sp³-hybridized carbons (Fsp3) is 0.909. The van der Waals surface area contributed by atoms with Crippen LogP contribution >= 0.6 is 0 Å². The average molecular weight is 265 g/mol. The SMILES string of the molecule is COC(=O)CCN(CC(C)C)S(=O)(=O)C(C)C. The third kappa shape index (κ3) is 5.50. The van der Waals surface area contributed by atoms with Crippen LogP contribution in [-0.2, 0) is 19.6 Å². The summed E-state index contributed by atoms with van der Waals surface area (Å²) in [5.41, 5.74) is 0. The van der Waals surface area contributed by atoms with E-state index >= 15 is 0 Å². The number of rotatable bonds is 7. The zero-order valence-corrected chi connectivity index (χ0v) is 12.1. The maximum atomic E-state index is 12.0. The third-order valence-electron chi connectivity index (χ3n) is 2.32. The van der Waals surface area contributed by atoms with E-state index < -0.39 is 21.2 Å². The number of hydrogen-bond donors (Lipinski definition) is 0. The van der Waals surface area contributed by atoms with Crippen LogP contribution in [0.25, 0.3) is 0 Å². The Morgan fingerprint density at radius 2 is 1.76 bits per heavy atom. The molecule has 0 aromatic heterocycles. The molecule has 0 fully saturated rings. The van der Waals surface area contributed by atoms with Gasteiger partial charge in [-0.05, 0) is 19.8 Å². The monoisotopic (exact) mass is 265 g/mol. The molecular weight excluding hydrogens is 242 g/mol. The molecule has 0 unspecified atom stereocenters. The molecule has 0 atom stereocenters. The van der Waals surface area contributed by atoms with Gasteiger partial charge in [-0.25, -0.2) is 12.7 Å². The summed E-state index contributed by atoms with van der Waals surface area (Å²) >= 11 is 0. The first kappa shape index (κ1) is 16.4. The molecule has 0 saturated heterocycles. The molecule has 17 heavy (non-hydrogen) atoms. The van der Waals surface area contributed by atoms with Crippen LogP contribution in [0, 0.1) is 5.92 Å². The Labute approximate surface area is 104 Å². The summed E-state index contributed by atoms with van der Waals surface area (Å²) in [4.78, 5) is 11.1. The molecule has 0 N–H and O–H groups in total. The molecule has 0 rings (SSSR count). The fourth-order valence-electron chi connectivity index (χ4n) is 1.35. The first-order valence-electron chi connectivity index (χ1n) is 5.77. The normalized spacial score (nSPS) is 12.5. The van der Waals surface area contributed by atoms with Gasteiger partial charge in [0.05, 0.1) is 18.8 Å². The second kappa shape index (κ2) is 6.96. The molecule has 0 aromatic rings. The minimum Gasteiger partial charge on any atom is -0.469 e. The summed E-state index contributed by atoms with van der Waals surface area (Å²) in [5.74, 6) is -0.168. The average Bonchev–Trinajstić information content (AvgIpc) is 2.22. The van der Waals surface area contributed by atoms with Gasteiger partial charge in [0.2, 0.25) is 10.0 Å². The van der Waals surface area contributed by atoms with E-state index in [0.717, 1.165) is 0 Å². The van der Waals surface area contributed by atoms with Crippen LogP contribution in [0.1, 0.15) is 34.1 Å². The van der Waals surface area contributed by atoms with E-state index in [4.69, 9.17) is 0 Å². The molecule has 0 aliphatic rings. The van der Waals surface area contributed by atoms with E-state index in [1.807, 2.05) is 13.8 Å². The van der Waals surface area contributed by atoms with Gasteiger partial charge in [0.15, 0.2) is 0 Å². The molecule has 0 aliphatic carbocycles. The van der Waals surface area contributed by atoms with Gasteiger partial charge in [-0.15, -0.1) is 0 Å². The quantitative estimate of drug-likeness (QED) is 0.650. The minimum atomic E-state index is -3.31. The van der Waals surface area contributed by atoms with Crippen LogP contribution in [0.5, 0.6) is 0 Å². The van der Waals surface area contributed by atoms with Crippen LogP contribution in [0.2, 0.25) is 0 Å². The summed E-state index contributed by atoms with van der Waals surface area (Å²) in [6.45, 7) is 7.78. The van der Waals surface area contributed by atoms with Crippen molar-refractivity contribution in [3.05, 3.63) is 0 Å². The Hall–Kier alpha value is -0.620. The van der Waals surface area contributed by atoms with Gasteiger partial charge in [0.1, 0.15) is 0 Å². The Kier molecular flexibility index (Phi) is 6.70. The summed E-state index contributed by atoms with van der Waals surface area (Å²) in [7, 11) is -2.01. The van der Waals surface area contributed by atoms with Gasteiger partial charge in [0.25, 0.3) is 0 Å². The molecule has 0 aliphatic heterocycles. The van der Waals surface area contributed by atoms with Crippen LogP contribution < -0.4 is 0 Å². The predicted molar refractivity (Wildman–Crippen MR) is 67.1 cm³/mol. The minimum absolute atomic E-state index is 0.0924. The molecule has 0 heterocycles. The molecule has 0 spiro atoms. The van der Waals surface area contributed by atoms with Crippen molar-refractivity contribution in [2.45, 2.75) is 39.4 Å². The Morgan fingerprint density at radius 3 is 2.12 bits per heavy atom. The maximum Gasteiger partial charge on any atom is 0.306 e. The van der Waals surface area contributed by atoms with Crippen LogP contribution in [0.3, 0.4) is 0 Å². The van der Waals surface area contributed by atoms with Gasteiger partial charge in [-0.3, -0.25) is 4.79 Å². The Morgan fingerprint density at radius 1 is 1.24 bits per heavy atom. The van der Waals surface area contributed by atoms with Crippen molar-refractivity contribution in [2.24, 2.45) is 5.92 Å². The summed E-state index contributed by atoms with van der Waals surface area (Å²) in [5, 5.41) is -0.473. The summed E-state index contributed by atoms with van der Waals surface area (Å²) in [6.07, 6.45) is 0.0924. The standard InChI is InChI=1S/C11H23NO4S/c1-9(2)8-12(7-6-11(13)16-5)17(14,15)10(3)4/h9-10H,6-8H2,1-5H3. The second-order valence-electron chi connectivity index (χ2n) is 4.67. The van der Waals surface area contributed by atoms with Crippen LogP contribution in [0.15, 0.2) is 0 Å². The molecule has 5 nitrogen and oxygen atoms in total. The number of ether oxygens (including phenoxy) is 1. The third-order valence-corrected chi connectivity index (χ3v) is 4.56.